The zero-order chi connectivity index (χ0) is 19.3. The Labute approximate surface area is 157 Å². The number of hydrogen-bond acceptors (Lipinski definition) is 3. The highest BCUT2D eigenvalue weighted by Gasteiger charge is 2.21. The van der Waals surface area contributed by atoms with E-state index in [1.165, 1.54) is 0 Å². The average Bonchev–Trinajstić information content (AvgIpc) is 2.44. The monoisotopic (exact) mass is 376 g/mol. The van der Waals surface area contributed by atoms with Gasteiger partial charge in [-0.2, -0.15) is 0 Å². The van der Waals surface area contributed by atoms with E-state index < -0.39 is 16.8 Å². The van der Waals surface area contributed by atoms with Crippen LogP contribution in [0, 0.1) is 10.8 Å². The first-order chi connectivity index (χ1) is 11.6. The molecule has 1 unspecified atom stereocenters. The lowest BCUT2D eigenvalue weighted by atomic mass is 9.84. The van der Waals surface area contributed by atoms with E-state index in [1.807, 2.05) is 13.8 Å². The Morgan fingerprint density at radius 3 is 1.72 bits per heavy atom. The van der Waals surface area contributed by atoms with Crippen LogP contribution in [0.1, 0.15) is 91.9 Å². The molecule has 1 atom stereocenters. The number of aliphatic hydroxyl groups is 1. The highest BCUT2D eigenvalue weighted by molar-refractivity contribution is 7.84. The van der Waals surface area contributed by atoms with Crippen LogP contribution in [0.15, 0.2) is 0 Å². The maximum Gasteiger partial charge on any atom is 0.303 e. The summed E-state index contributed by atoms with van der Waals surface area (Å²) in [5, 5.41) is 17.9. The summed E-state index contributed by atoms with van der Waals surface area (Å²) in [7, 11) is -0.716. The molecule has 4 nitrogen and oxygen atoms in total. The molecule has 0 radical (unpaired) electrons. The number of aliphatic hydroxyl groups excluding tert-OH is 1. The van der Waals surface area contributed by atoms with Crippen LogP contribution in [0.4, 0.5) is 0 Å². The molecule has 0 aromatic carbocycles. The number of rotatable bonds is 16. The summed E-state index contributed by atoms with van der Waals surface area (Å²) < 4.78 is 12.0. The second-order valence-electron chi connectivity index (χ2n) is 8.84. The van der Waals surface area contributed by atoms with Gasteiger partial charge in [-0.1, -0.05) is 53.4 Å². The minimum absolute atomic E-state index is 0.144. The fraction of sp³-hybridized carbons (Fsp3) is 0.950. The van der Waals surface area contributed by atoms with Crippen molar-refractivity contribution in [1.29, 1.82) is 0 Å². The van der Waals surface area contributed by atoms with Crippen molar-refractivity contribution in [2.75, 3.05) is 18.1 Å². The highest BCUT2D eigenvalue weighted by atomic mass is 32.2. The first-order valence-corrected chi connectivity index (χ1v) is 11.2. The zero-order valence-corrected chi connectivity index (χ0v) is 17.6. The molecule has 5 heteroatoms. The molecule has 0 bridgehead atoms. The van der Waals surface area contributed by atoms with Crippen LogP contribution in [0.3, 0.4) is 0 Å². The lowest BCUT2D eigenvalue weighted by Gasteiger charge is -2.23. The van der Waals surface area contributed by atoms with Crippen LogP contribution in [0.25, 0.3) is 0 Å². The van der Waals surface area contributed by atoms with Crippen LogP contribution in [-0.4, -0.2) is 38.5 Å². The molecular formula is C20H40O4S. The van der Waals surface area contributed by atoms with Crippen molar-refractivity contribution in [2.24, 2.45) is 10.8 Å². The van der Waals surface area contributed by atoms with E-state index >= 15 is 0 Å². The second kappa shape index (κ2) is 12.9. The van der Waals surface area contributed by atoms with E-state index in [-0.39, 0.29) is 23.9 Å². The maximum absolute atomic E-state index is 12.0. The normalized spacial score (nSPS) is 13.8. The highest BCUT2D eigenvalue weighted by Crippen LogP contribution is 2.28. The molecule has 2 N–H and O–H groups in total. The molecule has 25 heavy (non-hydrogen) atoms. The summed E-state index contributed by atoms with van der Waals surface area (Å²) in [5.41, 5.74) is 0.0666. The van der Waals surface area contributed by atoms with Gasteiger partial charge in [-0.05, 0) is 42.9 Å². The summed E-state index contributed by atoms with van der Waals surface area (Å²) in [5.74, 6) is 0.839. The van der Waals surface area contributed by atoms with Gasteiger partial charge in [-0.15, -0.1) is 0 Å². The number of carboxylic acids is 1. The Morgan fingerprint density at radius 1 is 0.800 bits per heavy atom. The van der Waals surface area contributed by atoms with Crippen LogP contribution in [-0.2, 0) is 15.6 Å². The molecule has 0 saturated carbocycles. The quantitative estimate of drug-likeness (QED) is 0.381. The predicted molar refractivity (Wildman–Crippen MR) is 106 cm³/mol. The smallest absolute Gasteiger partial charge is 0.303 e. The van der Waals surface area contributed by atoms with E-state index in [2.05, 4.69) is 13.8 Å². The molecule has 0 aliphatic rings. The molecule has 0 fully saturated rings. The van der Waals surface area contributed by atoms with Gasteiger partial charge in [-0.25, -0.2) is 0 Å². The molecule has 0 rings (SSSR count). The van der Waals surface area contributed by atoms with Crippen LogP contribution < -0.4 is 0 Å². The van der Waals surface area contributed by atoms with E-state index in [0.29, 0.717) is 0 Å². The zero-order valence-electron chi connectivity index (χ0n) is 16.8. The Balaban J connectivity index is 3.61. The minimum Gasteiger partial charge on any atom is -0.481 e. The first-order valence-electron chi connectivity index (χ1n) is 9.76. The lowest BCUT2D eigenvalue weighted by Crippen LogP contribution is -2.16. The summed E-state index contributed by atoms with van der Waals surface area (Å²) in [4.78, 5) is 10.8. The molecule has 0 heterocycles. The molecule has 0 aliphatic heterocycles. The maximum atomic E-state index is 12.0. The third-order valence-corrected chi connectivity index (χ3v) is 6.36. The van der Waals surface area contributed by atoms with E-state index in [4.69, 9.17) is 10.2 Å². The molecular weight excluding hydrogens is 336 g/mol. The molecule has 0 aromatic heterocycles. The number of unbranched alkanes of at least 4 members (excludes halogenated alkanes) is 4. The van der Waals surface area contributed by atoms with Crippen molar-refractivity contribution in [3.8, 4) is 0 Å². The fourth-order valence-electron chi connectivity index (χ4n) is 3.11. The van der Waals surface area contributed by atoms with Crippen LogP contribution >= 0.6 is 0 Å². The van der Waals surface area contributed by atoms with Gasteiger partial charge in [0.05, 0.1) is 6.42 Å². The second-order valence-corrected chi connectivity index (χ2v) is 10.5. The van der Waals surface area contributed by atoms with Gasteiger partial charge in [0, 0.05) is 28.9 Å². The summed E-state index contributed by atoms with van der Waals surface area (Å²) >= 11 is 0. The third-order valence-electron chi connectivity index (χ3n) is 4.87. The summed E-state index contributed by atoms with van der Waals surface area (Å²) in [6.45, 7) is 8.64. The van der Waals surface area contributed by atoms with Crippen molar-refractivity contribution in [3.05, 3.63) is 0 Å². The van der Waals surface area contributed by atoms with Crippen molar-refractivity contribution < 1.29 is 19.2 Å². The van der Waals surface area contributed by atoms with Gasteiger partial charge in [-0.3, -0.25) is 9.00 Å². The number of carbonyl (C=O) groups is 1. The standard InChI is InChI=1S/C20H40O4S/c1-19(2,13-14-21)11-7-5-9-15-25(24)16-10-6-8-12-20(3,4)17-18(22)23/h21H,5-17H2,1-4H3,(H,22,23). The Morgan fingerprint density at radius 2 is 1.28 bits per heavy atom. The Hall–Kier alpha value is -0.420. The molecule has 0 amide bonds. The molecule has 150 valence electrons. The van der Waals surface area contributed by atoms with Crippen molar-refractivity contribution in [2.45, 2.75) is 91.9 Å². The van der Waals surface area contributed by atoms with Crippen molar-refractivity contribution in [3.63, 3.8) is 0 Å². The molecule has 0 aromatic rings. The van der Waals surface area contributed by atoms with E-state index in [9.17, 15) is 9.00 Å². The van der Waals surface area contributed by atoms with Gasteiger partial charge < -0.3 is 10.2 Å². The topological polar surface area (TPSA) is 74.6 Å². The molecule has 0 spiro atoms. The van der Waals surface area contributed by atoms with Crippen LogP contribution in [0.5, 0.6) is 0 Å². The van der Waals surface area contributed by atoms with Gasteiger partial charge in [0.2, 0.25) is 0 Å². The van der Waals surface area contributed by atoms with Gasteiger partial charge in [0.1, 0.15) is 0 Å². The van der Waals surface area contributed by atoms with Gasteiger partial charge in [0.15, 0.2) is 0 Å². The van der Waals surface area contributed by atoms with E-state index in [0.717, 1.165) is 69.3 Å². The third kappa shape index (κ3) is 15.5. The number of carboxylic acid groups (broad SMARTS) is 1. The Bertz CT molecular complexity index is 391. The Kier molecular flexibility index (Phi) is 12.6. The van der Waals surface area contributed by atoms with Gasteiger partial charge >= 0.3 is 5.97 Å². The first kappa shape index (κ1) is 24.6. The lowest BCUT2D eigenvalue weighted by molar-refractivity contribution is -0.139. The SMILES string of the molecule is CC(C)(CCO)CCCCCS(=O)CCCCCC(C)(C)CC(=O)O. The molecule has 0 saturated heterocycles. The van der Waals surface area contributed by atoms with Crippen molar-refractivity contribution in [1.82, 2.24) is 0 Å². The minimum atomic E-state index is -0.731. The summed E-state index contributed by atoms with van der Waals surface area (Å²) in [6.07, 6.45) is 9.39. The van der Waals surface area contributed by atoms with E-state index in [1.54, 1.807) is 0 Å². The number of hydrogen-bond donors (Lipinski definition) is 2. The fourth-order valence-corrected chi connectivity index (χ4v) is 4.37. The molecule has 0 aliphatic carbocycles. The summed E-state index contributed by atoms with van der Waals surface area (Å²) in [6, 6.07) is 0. The van der Waals surface area contributed by atoms with Crippen LogP contribution in [0.2, 0.25) is 0 Å². The average molecular weight is 377 g/mol. The number of aliphatic carboxylic acids is 1. The largest absolute Gasteiger partial charge is 0.481 e. The predicted octanol–water partition coefficient (Wildman–Crippen LogP) is 4.77. The van der Waals surface area contributed by atoms with Gasteiger partial charge in [0.25, 0.3) is 0 Å². The van der Waals surface area contributed by atoms with Crippen molar-refractivity contribution >= 4 is 16.8 Å².